The van der Waals surface area contributed by atoms with Gasteiger partial charge >= 0.3 is 0 Å². The number of aromatic nitrogens is 2. The monoisotopic (exact) mass is 391 g/mol. The molecule has 3 aromatic rings. The molecule has 0 aliphatic heterocycles. The second kappa shape index (κ2) is 9.89. The number of hydrogen-bond acceptors (Lipinski definition) is 3. The lowest BCUT2D eigenvalue weighted by Crippen LogP contribution is -2.39. The predicted octanol–water partition coefficient (Wildman–Crippen LogP) is 3.52. The van der Waals surface area contributed by atoms with Gasteiger partial charge in [-0.25, -0.2) is 4.98 Å². The predicted molar refractivity (Wildman–Crippen MR) is 118 cm³/mol. The van der Waals surface area contributed by atoms with Crippen LogP contribution in [-0.4, -0.2) is 46.1 Å². The highest BCUT2D eigenvalue weighted by Crippen LogP contribution is 2.17. The lowest BCUT2D eigenvalue weighted by molar-refractivity contribution is 0.186. The van der Waals surface area contributed by atoms with E-state index in [9.17, 15) is 5.11 Å². The third-order valence-corrected chi connectivity index (χ3v) is 4.64. The summed E-state index contributed by atoms with van der Waals surface area (Å²) in [6.07, 6.45) is 1.22. The maximum Gasteiger partial charge on any atom is 0.194 e. The highest BCUT2D eigenvalue weighted by molar-refractivity contribution is 5.79. The minimum atomic E-state index is -0.634. The topological polar surface area (TPSA) is 76.5 Å². The zero-order chi connectivity index (χ0) is 20.6. The van der Waals surface area contributed by atoms with Crippen molar-refractivity contribution in [3.05, 3.63) is 77.7 Å². The van der Waals surface area contributed by atoms with Crippen LogP contribution in [0.5, 0.6) is 0 Å². The number of hydrogen-bond donors (Lipinski definition) is 3. The van der Waals surface area contributed by atoms with E-state index in [-0.39, 0.29) is 0 Å². The number of aliphatic hydroxyl groups excluding tert-OH is 1. The van der Waals surface area contributed by atoms with Gasteiger partial charge in [-0.1, -0.05) is 60.2 Å². The van der Waals surface area contributed by atoms with Crippen LogP contribution in [0, 0.1) is 6.92 Å². The summed E-state index contributed by atoms with van der Waals surface area (Å²) in [7, 11) is 1.96. The Morgan fingerprint density at radius 3 is 2.72 bits per heavy atom. The minimum Gasteiger partial charge on any atom is -0.386 e. The van der Waals surface area contributed by atoms with Crippen LogP contribution in [0.25, 0.3) is 11.3 Å². The third-order valence-electron chi connectivity index (χ3n) is 4.64. The average molecular weight is 392 g/mol. The van der Waals surface area contributed by atoms with Crippen molar-refractivity contribution in [1.82, 2.24) is 20.2 Å². The van der Waals surface area contributed by atoms with E-state index in [0.29, 0.717) is 13.1 Å². The van der Waals surface area contributed by atoms with Gasteiger partial charge in [-0.05, 0) is 25.0 Å². The zero-order valence-corrected chi connectivity index (χ0v) is 17.3. The maximum absolute atomic E-state index is 10.5. The van der Waals surface area contributed by atoms with Crippen molar-refractivity contribution in [3.63, 3.8) is 0 Å². The van der Waals surface area contributed by atoms with E-state index in [1.807, 2.05) is 74.5 Å². The van der Waals surface area contributed by atoms with Crippen molar-refractivity contribution in [1.29, 1.82) is 0 Å². The number of benzene rings is 2. The molecule has 0 spiro atoms. The zero-order valence-electron chi connectivity index (χ0n) is 17.3. The molecule has 1 heterocycles. The molecule has 6 heteroatoms. The molecule has 0 bridgehead atoms. The number of imidazole rings is 1. The van der Waals surface area contributed by atoms with E-state index in [2.05, 4.69) is 32.4 Å². The fourth-order valence-electron chi connectivity index (χ4n) is 3.13. The van der Waals surface area contributed by atoms with Gasteiger partial charge in [-0.2, -0.15) is 0 Å². The summed E-state index contributed by atoms with van der Waals surface area (Å²) in [5, 5.41) is 13.8. The van der Waals surface area contributed by atoms with Gasteiger partial charge in [0.25, 0.3) is 0 Å². The van der Waals surface area contributed by atoms with Gasteiger partial charge < -0.3 is 20.3 Å². The molecule has 3 rings (SSSR count). The molecule has 29 heavy (non-hydrogen) atoms. The van der Waals surface area contributed by atoms with E-state index in [0.717, 1.165) is 40.7 Å². The highest BCUT2D eigenvalue weighted by atomic mass is 16.3. The number of rotatable bonds is 7. The van der Waals surface area contributed by atoms with Crippen LogP contribution in [0.15, 0.2) is 65.8 Å². The Balaban J connectivity index is 1.67. The number of aliphatic hydroxyl groups is 1. The standard InChI is InChI=1S/C23H29N5O/c1-4-24-23(26-15-21(29)19-12-8-9-17(2)13-19)28(3)16-22-25-14-20(27-22)18-10-6-5-7-11-18/h5-14,21,29H,4,15-16H2,1-3H3,(H,24,26)(H,25,27). The molecule has 1 atom stereocenters. The number of nitrogens with zero attached hydrogens (tertiary/aromatic N) is 3. The van der Waals surface area contributed by atoms with Crippen LogP contribution in [0.4, 0.5) is 0 Å². The first kappa shape index (κ1) is 20.6. The van der Waals surface area contributed by atoms with Gasteiger partial charge in [0.15, 0.2) is 5.96 Å². The van der Waals surface area contributed by atoms with E-state index in [1.165, 1.54) is 0 Å². The first-order valence-corrected chi connectivity index (χ1v) is 9.90. The van der Waals surface area contributed by atoms with Crippen molar-refractivity contribution >= 4 is 5.96 Å². The number of guanidine groups is 1. The summed E-state index contributed by atoms with van der Waals surface area (Å²) in [6.45, 7) is 5.67. The second-order valence-corrected chi connectivity index (χ2v) is 7.09. The van der Waals surface area contributed by atoms with E-state index >= 15 is 0 Å². The molecule has 152 valence electrons. The Morgan fingerprint density at radius 2 is 2.00 bits per heavy atom. The molecular weight excluding hydrogens is 362 g/mol. The van der Waals surface area contributed by atoms with Gasteiger partial charge in [0, 0.05) is 13.6 Å². The molecule has 0 amide bonds. The molecule has 6 nitrogen and oxygen atoms in total. The van der Waals surface area contributed by atoms with Crippen LogP contribution in [0.1, 0.15) is 30.0 Å². The summed E-state index contributed by atoms with van der Waals surface area (Å²) >= 11 is 0. The molecule has 3 N–H and O–H groups in total. The molecule has 0 fully saturated rings. The number of aliphatic imine (C=N–C) groups is 1. The molecule has 0 radical (unpaired) electrons. The molecule has 1 aromatic heterocycles. The maximum atomic E-state index is 10.5. The van der Waals surface area contributed by atoms with Crippen LogP contribution < -0.4 is 5.32 Å². The van der Waals surface area contributed by atoms with Gasteiger partial charge in [-0.15, -0.1) is 0 Å². The Hall–Kier alpha value is -3.12. The smallest absolute Gasteiger partial charge is 0.194 e. The largest absolute Gasteiger partial charge is 0.386 e. The lowest BCUT2D eigenvalue weighted by Gasteiger charge is -2.21. The molecule has 0 aliphatic carbocycles. The Labute approximate surface area is 172 Å². The van der Waals surface area contributed by atoms with E-state index in [4.69, 9.17) is 0 Å². The second-order valence-electron chi connectivity index (χ2n) is 7.09. The van der Waals surface area contributed by atoms with Crippen molar-refractivity contribution in [2.24, 2.45) is 4.99 Å². The van der Waals surface area contributed by atoms with Crippen molar-refractivity contribution in [2.45, 2.75) is 26.5 Å². The van der Waals surface area contributed by atoms with Crippen LogP contribution in [0.2, 0.25) is 0 Å². The van der Waals surface area contributed by atoms with Crippen molar-refractivity contribution in [2.75, 3.05) is 20.1 Å². The number of nitrogens with one attached hydrogen (secondary N) is 2. The normalized spacial score (nSPS) is 12.6. The summed E-state index contributed by atoms with van der Waals surface area (Å²) < 4.78 is 0. The Kier molecular flexibility index (Phi) is 7.03. The van der Waals surface area contributed by atoms with E-state index in [1.54, 1.807) is 0 Å². The lowest BCUT2D eigenvalue weighted by atomic mass is 10.1. The molecule has 0 saturated heterocycles. The Bertz CT molecular complexity index is 935. The molecular formula is C23H29N5O. The molecule has 0 aliphatic rings. The quantitative estimate of drug-likeness (QED) is 0.425. The van der Waals surface area contributed by atoms with Crippen molar-refractivity contribution < 1.29 is 5.11 Å². The summed E-state index contributed by atoms with van der Waals surface area (Å²) in [5.41, 5.74) is 4.11. The fourth-order valence-corrected chi connectivity index (χ4v) is 3.13. The first-order valence-electron chi connectivity index (χ1n) is 9.90. The molecule has 0 saturated carbocycles. The SMILES string of the molecule is CCNC(=NCC(O)c1cccc(C)c1)N(C)Cc1ncc(-c2ccccc2)[nH]1. The van der Waals surface area contributed by atoms with Gasteiger partial charge in [0.2, 0.25) is 0 Å². The van der Waals surface area contributed by atoms with Gasteiger partial charge in [-0.3, -0.25) is 4.99 Å². The number of aryl methyl sites for hydroxylation is 1. The number of aromatic amines is 1. The third kappa shape index (κ3) is 5.68. The van der Waals surface area contributed by atoms with Crippen LogP contribution in [-0.2, 0) is 6.54 Å². The first-order chi connectivity index (χ1) is 14.1. The van der Waals surface area contributed by atoms with Crippen LogP contribution >= 0.6 is 0 Å². The summed E-state index contributed by atoms with van der Waals surface area (Å²) in [4.78, 5) is 14.5. The van der Waals surface area contributed by atoms with Gasteiger partial charge in [0.05, 0.1) is 31.1 Å². The summed E-state index contributed by atoms with van der Waals surface area (Å²) in [6, 6.07) is 18.0. The van der Waals surface area contributed by atoms with Crippen LogP contribution in [0.3, 0.4) is 0 Å². The highest BCUT2D eigenvalue weighted by Gasteiger charge is 2.12. The average Bonchev–Trinajstić information content (AvgIpc) is 3.20. The minimum absolute atomic E-state index is 0.295. The Morgan fingerprint density at radius 1 is 1.21 bits per heavy atom. The molecule has 1 unspecified atom stereocenters. The summed E-state index contributed by atoms with van der Waals surface area (Å²) in [5.74, 6) is 1.59. The van der Waals surface area contributed by atoms with Gasteiger partial charge in [0.1, 0.15) is 5.82 Å². The van der Waals surface area contributed by atoms with Crippen molar-refractivity contribution in [3.8, 4) is 11.3 Å². The fraction of sp³-hybridized carbons (Fsp3) is 0.304. The number of H-pyrrole nitrogens is 1. The van der Waals surface area contributed by atoms with E-state index < -0.39 is 6.10 Å². The molecule has 2 aromatic carbocycles.